The summed E-state index contributed by atoms with van der Waals surface area (Å²) in [6, 6.07) is 15.5. The highest BCUT2D eigenvalue weighted by molar-refractivity contribution is 14.1. The lowest BCUT2D eigenvalue weighted by Gasteiger charge is -2.19. The number of ether oxygens (including phenoxy) is 2. The summed E-state index contributed by atoms with van der Waals surface area (Å²) in [4.78, 5) is 12.3. The molecule has 0 radical (unpaired) electrons. The predicted octanol–water partition coefficient (Wildman–Crippen LogP) is 5.00. The minimum absolute atomic E-state index is 0.488. The van der Waals surface area contributed by atoms with Crippen molar-refractivity contribution in [3.05, 3.63) is 57.8 Å². The number of carbonyl (C=O) groups is 1. The van der Waals surface area contributed by atoms with Crippen molar-refractivity contribution in [3.63, 3.8) is 0 Å². The third-order valence-corrected chi connectivity index (χ3v) is 4.22. The molecule has 0 fully saturated rings. The first-order chi connectivity index (χ1) is 11.8. The molecule has 2 aromatic carbocycles. The van der Waals surface area contributed by atoms with Gasteiger partial charge in [0.05, 0.1) is 5.52 Å². The Morgan fingerprint density at radius 2 is 1.88 bits per heavy atom. The van der Waals surface area contributed by atoms with Gasteiger partial charge in [0.25, 0.3) is 0 Å². The van der Waals surface area contributed by atoms with E-state index >= 15 is 0 Å². The molecule has 3 rings (SSSR count). The highest BCUT2D eigenvalue weighted by Crippen LogP contribution is 2.26. The van der Waals surface area contributed by atoms with Crippen LogP contribution < -0.4 is 4.74 Å². The van der Waals surface area contributed by atoms with Gasteiger partial charge >= 0.3 is 6.09 Å². The van der Waals surface area contributed by atoms with Crippen LogP contribution in [0.1, 0.15) is 26.3 Å². The minimum atomic E-state index is -0.570. The molecule has 0 aliphatic carbocycles. The van der Waals surface area contributed by atoms with Crippen molar-refractivity contribution in [1.82, 2.24) is 9.78 Å². The monoisotopic (exact) mass is 450 g/mol. The maximum atomic E-state index is 12.3. The van der Waals surface area contributed by atoms with Crippen LogP contribution >= 0.6 is 22.6 Å². The van der Waals surface area contributed by atoms with E-state index in [0.29, 0.717) is 12.1 Å². The zero-order valence-corrected chi connectivity index (χ0v) is 16.5. The van der Waals surface area contributed by atoms with Crippen LogP contribution in [0.3, 0.4) is 0 Å². The Balaban J connectivity index is 1.84. The number of benzene rings is 2. The molecule has 0 atom stereocenters. The van der Waals surface area contributed by atoms with Crippen LogP contribution in [0.25, 0.3) is 10.9 Å². The highest BCUT2D eigenvalue weighted by atomic mass is 127. The van der Waals surface area contributed by atoms with Crippen molar-refractivity contribution in [1.29, 1.82) is 0 Å². The van der Waals surface area contributed by atoms with Crippen molar-refractivity contribution < 1.29 is 14.3 Å². The van der Waals surface area contributed by atoms with Crippen LogP contribution in [-0.4, -0.2) is 21.5 Å². The van der Waals surface area contributed by atoms with E-state index < -0.39 is 11.7 Å². The number of nitrogens with zero attached hydrogens (tertiary/aromatic N) is 2. The van der Waals surface area contributed by atoms with Gasteiger partial charge in [-0.05, 0) is 67.1 Å². The smallest absolute Gasteiger partial charge is 0.435 e. The van der Waals surface area contributed by atoms with Gasteiger partial charge in [0.15, 0.2) is 0 Å². The first-order valence-electron chi connectivity index (χ1n) is 7.92. The van der Waals surface area contributed by atoms with Crippen molar-refractivity contribution in [2.75, 3.05) is 0 Å². The summed E-state index contributed by atoms with van der Waals surface area (Å²) in [6.45, 7) is 5.98. The summed E-state index contributed by atoms with van der Waals surface area (Å²) < 4.78 is 13.3. The number of aromatic nitrogens is 2. The summed E-state index contributed by atoms with van der Waals surface area (Å²) in [5.41, 5.74) is 1.23. The van der Waals surface area contributed by atoms with Crippen molar-refractivity contribution in [3.8, 4) is 5.75 Å². The summed E-state index contributed by atoms with van der Waals surface area (Å²) in [7, 11) is 0. The van der Waals surface area contributed by atoms with Crippen molar-refractivity contribution >= 4 is 39.6 Å². The first kappa shape index (κ1) is 17.7. The highest BCUT2D eigenvalue weighted by Gasteiger charge is 2.21. The van der Waals surface area contributed by atoms with Gasteiger partial charge in [0.2, 0.25) is 0 Å². The number of hydrogen-bond acceptors (Lipinski definition) is 4. The molecular weight excluding hydrogens is 431 g/mol. The molecule has 130 valence electrons. The molecule has 1 heterocycles. The second kappa shape index (κ2) is 7.03. The van der Waals surface area contributed by atoms with E-state index in [2.05, 4.69) is 27.7 Å². The van der Waals surface area contributed by atoms with Gasteiger partial charge in [-0.3, -0.25) is 0 Å². The van der Waals surface area contributed by atoms with E-state index in [1.165, 1.54) is 4.68 Å². The number of rotatable bonds is 3. The number of hydrogen-bond donors (Lipinski definition) is 0. The Morgan fingerprint density at radius 3 is 2.56 bits per heavy atom. The Hall–Kier alpha value is -2.09. The molecule has 6 heteroatoms. The van der Waals surface area contributed by atoms with Gasteiger partial charge in [0.1, 0.15) is 21.7 Å². The molecule has 0 saturated heterocycles. The van der Waals surface area contributed by atoms with Gasteiger partial charge in [-0.1, -0.05) is 30.3 Å². The largest absolute Gasteiger partial charge is 0.489 e. The Morgan fingerprint density at radius 1 is 1.16 bits per heavy atom. The van der Waals surface area contributed by atoms with Gasteiger partial charge in [0, 0.05) is 5.39 Å². The van der Waals surface area contributed by atoms with Crippen molar-refractivity contribution in [2.24, 2.45) is 0 Å². The third-order valence-electron chi connectivity index (χ3n) is 3.42. The van der Waals surface area contributed by atoms with Crippen LogP contribution in [0.5, 0.6) is 5.75 Å². The lowest BCUT2D eigenvalue weighted by molar-refractivity contribution is 0.0522. The molecule has 0 saturated carbocycles. The summed E-state index contributed by atoms with van der Waals surface area (Å²) >= 11 is 2.11. The van der Waals surface area contributed by atoms with Crippen molar-refractivity contribution in [2.45, 2.75) is 33.0 Å². The molecule has 1 aromatic heterocycles. The van der Waals surface area contributed by atoms with E-state index in [4.69, 9.17) is 9.47 Å². The number of fused-ring (bicyclic) bond motifs is 1. The molecule has 0 aliphatic rings. The fourth-order valence-electron chi connectivity index (χ4n) is 2.34. The van der Waals surface area contributed by atoms with Gasteiger partial charge in [-0.25, -0.2) is 4.79 Å². The zero-order chi connectivity index (χ0) is 18.0. The molecule has 3 aromatic rings. The maximum Gasteiger partial charge on any atom is 0.435 e. The summed E-state index contributed by atoms with van der Waals surface area (Å²) in [5, 5.41) is 5.16. The average Bonchev–Trinajstić information content (AvgIpc) is 2.89. The van der Waals surface area contributed by atoms with Gasteiger partial charge < -0.3 is 9.47 Å². The van der Waals surface area contributed by atoms with E-state index in [1.54, 1.807) is 0 Å². The molecule has 0 N–H and O–H groups in total. The molecule has 5 nitrogen and oxygen atoms in total. The normalized spacial score (nSPS) is 11.5. The lowest BCUT2D eigenvalue weighted by Crippen LogP contribution is -2.27. The predicted molar refractivity (Wildman–Crippen MR) is 105 cm³/mol. The topological polar surface area (TPSA) is 53.4 Å². The van der Waals surface area contributed by atoms with Gasteiger partial charge in [-0.15, -0.1) is 0 Å². The fourth-order valence-corrected chi connectivity index (χ4v) is 2.98. The van der Waals surface area contributed by atoms with Gasteiger partial charge in [-0.2, -0.15) is 9.78 Å². The average molecular weight is 450 g/mol. The Bertz CT molecular complexity index is 898. The summed E-state index contributed by atoms with van der Waals surface area (Å²) in [6.07, 6.45) is -0.488. The molecular formula is C19H19IN2O3. The van der Waals surface area contributed by atoms with Crippen LogP contribution in [-0.2, 0) is 11.3 Å². The first-order valence-corrected chi connectivity index (χ1v) is 9.00. The van der Waals surface area contributed by atoms with Crippen LogP contribution in [0.15, 0.2) is 48.5 Å². The fraction of sp³-hybridized carbons (Fsp3) is 0.263. The molecule has 0 unspecified atom stereocenters. The van der Waals surface area contributed by atoms with Crippen LogP contribution in [0, 0.1) is 3.70 Å². The van der Waals surface area contributed by atoms with E-state index in [-0.39, 0.29) is 0 Å². The van der Waals surface area contributed by atoms with Crippen LogP contribution in [0.4, 0.5) is 4.79 Å². The Labute approximate surface area is 160 Å². The van der Waals surface area contributed by atoms with E-state index in [0.717, 1.165) is 20.4 Å². The second-order valence-electron chi connectivity index (χ2n) is 6.64. The summed E-state index contributed by atoms with van der Waals surface area (Å²) in [5.74, 6) is 0.734. The standard InChI is InChI=1S/C19H19IN2O3/c1-19(2,3)25-18(23)22-16-10-9-14(11-15(16)17(20)21-22)24-12-13-7-5-4-6-8-13/h4-11H,12H2,1-3H3. The Kier molecular flexibility index (Phi) is 4.99. The molecule has 0 amide bonds. The maximum absolute atomic E-state index is 12.3. The SMILES string of the molecule is CC(C)(C)OC(=O)n1nc(I)c2cc(OCc3ccccc3)ccc21. The number of carbonyl (C=O) groups excluding carboxylic acids is 1. The second-order valence-corrected chi connectivity index (χ2v) is 7.66. The quantitative estimate of drug-likeness (QED) is 0.527. The molecule has 0 bridgehead atoms. The third kappa shape index (κ3) is 4.31. The number of halogens is 1. The van der Waals surface area contributed by atoms with E-state index in [1.807, 2.05) is 69.3 Å². The molecule has 0 spiro atoms. The van der Waals surface area contributed by atoms with Crippen LogP contribution in [0.2, 0.25) is 0 Å². The molecule has 0 aliphatic heterocycles. The van der Waals surface area contributed by atoms with E-state index in [9.17, 15) is 4.79 Å². The zero-order valence-electron chi connectivity index (χ0n) is 14.3. The lowest BCUT2D eigenvalue weighted by atomic mass is 10.2. The minimum Gasteiger partial charge on any atom is -0.489 e. The molecule has 25 heavy (non-hydrogen) atoms.